The molecule has 0 aromatic rings. The molecule has 0 radical (unpaired) electrons. The van der Waals surface area contributed by atoms with Crippen LogP contribution in [0.5, 0.6) is 0 Å². The Balaban J connectivity index is 5.14. The molecule has 0 bridgehead atoms. The molecular formula is C12H27NO. The van der Waals surface area contributed by atoms with Crippen LogP contribution >= 0.6 is 0 Å². The first-order chi connectivity index (χ1) is 5.93. The predicted octanol–water partition coefficient (Wildman–Crippen LogP) is 2.66. The highest BCUT2D eigenvalue weighted by Crippen LogP contribution is 2.32. The van der Waals surface area contributed by atoms with Gasteiger partial charge in [-0.25, -0.2) is 0 Å². The van der Waals surface area contributed by atoms with Crippen molar-refractivity contribution in [2.24, 2.45) is 0 Å². The monoisotopic (exact) mass is 201 g/mol. The SMILES string of the molecule is CC(C)(C)N(C(C)(C)C)C(C)(C)CO. The zero-order valence-corrected chi connectivity index (χ0v) is 11.1. The number of rotatable bonds is 2. The number of aliphatic hydroxyl groups is 1. The molecule has 0 rings (SSSR count). The third-order valence-corrected chi connectivity index (χ3v) is 2.33. The highest BCUT2D eigenvalue weighted by Gasteiger charge is 2.41. The van der Waals surface area contributed by atoms with Crippen LogP contribution in [0.1, 0.15) is 55.4 Å². The summed E-state index contributed by atoms with van der Waals surface area (Å²) in [5, 5.41) is 9.45. The normalized spacial score (nSPS) is 15.0. The smallest absolute Gasteiger partial charge is 0.0610 e. The molecule has 0 spiro atoms. The van der Waals surface area contributed by atoms with Crippen LogP contribution in [0.15, 0.2) is 0 Å². The van der Waals surface area contributed by atoms with Crippen molar-refractivity contribution in [3.8, 4) is 0 Å². The Morgan fingerprint density at radius 2 is 1.07 bits per heavy atom. The fourth-order valence-electron chi connectivity index (χ4n) is 2.89. The van der Waals surface area contributed by atoms with Gasteiger partial charge < -0.3 is 5.11 Å². The molecule has 0 unspecified atom stereocenters. The van der Waals surface area contributed by atoms with Crippen molar-refractivity contribution < 1.29 is 5.11 Å². The Labute approximate surface area is 89.3 Å². The lowest BCUT2D eigenvalue weighted by molar-refractivity contribution is -0.0716. The van der Waals surface area contributed by atoms with E-state index >= 15 is 0 Å². The molecule has 0 saturated carbocycles. The minimum Gasteiger partial charge on any atom is -0.394 e. The molecule has 0 aliphatic heterocycles. The first-order valence-corrected chi connectivity index (χ1v) is 5.34. The van der Waals surface area contributed by atoms with E-state index in [0.29, 0.717) is 0 Å². The molecule has 0 saturated heterocycles. The zero-order chi connectivity index (χ0) is 11.8. The van der Waals surface area contributed by atoms with Crippen molar-refractivity contribution in [1.29, 1.82) is 0 Å². The van der Waals surface area contributed by atoms with Crippen LogP contribution in [-0.4, -0.2) is 33.2 Å². The topological polar surface area (TPSA) is 23.5 Å². The van der Waals surface area contributed by atoms with Crippen molar-refractivity contribution in [2.75, 3.05) is 6.61 Å². The first kappa shape index (κ1) is 13.9. The highest BCUT2D eigenvalue weighted by atomic mass is 16.3. The first-order valence-electron chi connectivity index (χ1n) is 5.34. The summed E-state index contributed by atoms with van der Waals surface area (Å²) in [7, 11) is 0. The summed E-state index contributed by atoms with van der Waals surface area (Å²) in [5.74, 6) is 0. The van der Waals surface area contributed by atoms with Crippen LogP contribution in [0.2, 0.25) is 0 Å². The molecule has 2 heteroatoms. The second-order valence-electron chi connectivity index (χ2n) is 6.65. The molecule has 0 aliphatic carbocycles. The largest absolute Gasteiger partial charge is 0.394 e. The Morgan fingerprint density at radius 3 is 1.14 bits per heavy atom. The lowest BCUT2D eigenvalue weighted by atomic mass is 9.87. The average molecular weight is 201 g/mol. The van der Waals surface area contributed by atoms with Crippen LogP contribution in [0.3, 0.4) is 0 Å². The molecule has 0 heterocycles. The molecule has 0 aliphatic rings. The van der Waals surface area contributed by atoms with Gasteiger partial charge in [0.2, 0.25) is 0 Å². The maximum atomic E-state index is 9.45. The number of nitrogens with zero attached hydrogens (tertiary/aromatic N) is 1. The Hall–Kier alpha value is -0.0800. The van der Waals surface area contributed by atoms with Crippen molar-refractivity contribution in [1.82, 2.24) is 4.90 Å². The molecule has 2 nitrogen and oxygen atoms in total. The van der Waals surface area contributed by atoms with E-state index < -0.39 is 0 Å². The minimum atomic E-state index is -0.184. The lowest BCUT2D eigenvalue weighted by Gasteiger charge is -2.54. The summed E-state index contributed by atoms with van der Waals surface area (Å²) in [6, 6.07) is 0. The van der Waals surface area contributed by atoms with Crippen molar-refractivity contribution >= 4 is 0 Å². The van der Waals surface area contributed by atoms with E-state index in [1.165, 1.54) is 0 Å². The van der Waals surface area contributed by atoms with Gasteiger partial charge in [0.05, 0.1) is 6.61 Å². The molecule has 86 valence electrons. The summed E-state index contributed by atoms with van der Waals surface area (Å²) in [6.07, 6.45) is 0. The Kier molecular flexibility index (Phi) is 3.80. The summed E-state index contributed by atoms with van der Waals surface area (Å²) in [4.78, 5) is 2.37. The van der Waals surface area contributed by atoms with Crippen molar-refractivity contribution in [3.05, 3.63) is 0 Å². The van der Waals surface area contributed by atoms with E-state index in [1.54, 1.807) is 0 Å². The van der Waals surface area contributed by atoms with Crippen LogP contribution < -0.4 is 0 Å². The van der Waals surface area contributed by atoms with E-state index in [4.69, 9.17) is 0 Å². The average Bonchev–Trinajstić information content (AvgIpc) is 1.79. The van der Waals surface area contributed by atoms with Gasteiger partial charge in [-0.2, -0.15) is 0 Å². The maximum absolute atomic E-state index is 9.45. The van der Waals surface area contributed by atoms with Crippen LogP contribution in [0.25, 0.3) is 0 Å². The maximum Gasteiger partial charge on any atom is 0.0610 e. The molecule has 14 heavy (non-hydrogen) atoms. The van der Waals surface area contributed by atoms with Gasteiger partial charge in [-0.05, 0) is 55.4 Å². The van der Waals surface area contributed by atoms with Gasteiger partial charge in [0.1, 0.15) is 0 Å². The fraction of sp³-hybridized carbons (Fsp3) is 1.00. The van der Waals surface area contributed by atoms with Crippen LogP contribution in [0.4, 0.5) is 0 Å². The van der Waals surface area contributed by atoms with Crippen LogP contribution in [-0.2, 0) is 0 Å². The molecule has 1 N–H and O–H groups in total. The van der Waals surface area contributed by atoms with Crippen molar-refractivity contribution in [2.45, 2.75) is 72.0 Å². The van der Waals surface area contributed by atoms with E-state index in [2.05, 4.69) is 60.3 Å². The van der Waals surface area contributed by atoms with Gasteiger partial charge >= 0.3 is 0 Å². The number of hydrogen-bond acceptors (Lipinski definition) is 2. The zero-order valence-electron chi connectivity index (χ0n) is 11.1. The third kappa shape index (κ3) is 3.25. The van der Waals surface area contributed by atoms with Gasteiger partial charge in [-0.1, -0.05) is 0 Å². The van der Waals surface area contributed by atoms with E-state index in [-0.39, 0.29) is 23.2 Å². The standard InChI is InChI=1S/C12H27NO/c1-10(2,3)13(11(4,5)6)12(7,8)9-14/h14H,9H2,1-8H3. The summed E-state index contributed by atoms with van der Waals surface area (Å²) < 4.78 is 0. The quantitative estimate of drug-likeness (QED) is 0.742. The summed E-state index contributed by atoms with van der Waals surface area (Å²) in [5.41, 5.74) is -0.0640. The third-order valence-electron chi connectivity index (χ3n) is 2.33. The van der Waals surface area contributed by atoms with Crippen LogP contribution in [0, 0.1) is 0 Å². The molecular weight excluding hydrogens is 174 g/mol. The van der Waals surface area contributed by atoms with Gasteiger partial charge in [0, 0.05) is 16.6 Å². The van der Waals surface area contributed by atoms with E-state index in [9.17, 15) is 5.11 Å². The lowest BCUT2D eigenvalue weighted by Crippen LogP contribution is -2.63. The second-order valence-corrected chi connectivity index (χ2v) is 6.65. The summed E-state index contributed by atoms with van der Waals surface area (Å²) in [6.45, 7) is 17.5. The Morgan fingerprint density at radius 1 is 0.786 bits per heavy atom. The highest BCUT2D eigenvalue weighted by molar-refractivity contribution is 4.96. The number of aliphatic hydroxyl groups excluding tert-OH is 1. The predicted molar refractivity (Wildman–Crippen MR) is 62.5 cm³/mol. The molecule has 0 fully saturated rings. The van der Waals surface area contributed by atoms with Crippen molar-refractivity contribution in [3.63, 3.8) is 0 Å². The van der Waals surface area contributed by atoms with Gasteiger partial charge in [-0.3, -0.25) is 4.90 Å². The molecule has 0 aromatic carbocycles. The molecule has 0 atom stereocenters. The van der Waals surface area contributed by atoms with E-state index in [1.807, 2.05) is 0 Å². The van der Waals surface area contributed by atoms with E-state index in [0.717, 1.165) is 0 Å². The minimum absolute atomic E-state index is 0.0600. The molecule has 0 aromatic heterocycles. The van der Waals surface area contributed by atoms with Gasteiger partial charge in [0.25, 0.3) is 0 Å². The van der Waals surface area contributed by atoms with Gasteiger partial charge in [0.15, 0.2) is 0 Å². The molecule has 0 amide bonds. The van der Waals surface area contributed by atoms with Gasteiger partial charge in [-0.15, -0.1) is 0 Å². The number of hydrogen-bond donors (Lipinski definition) is 1. The Bertz CT molecular complexity index is 169. The second kappa shape index (κ2) is 3.82. The summed E-state index contributed by atoms with van der Waals surface area (Å²) >= 11 is 0. The fourth-order valence-corrected chi connectivity index (χ4v) is 2.89.